The SMILES string of the molecule is FC(F)(F)c1ccc(N2CCNCC2Cl)nc1Cl. The maximum absolute atomic E-state index is 12.5. The molecular weight excluding hydrogens is 290 g/mol. The fourth-order valence-corrected chi connectivity index (χ4v) is 2.29. The van der Waals surface area contributed by atoms with Crippen molar-refractivity contribution in [2.45, 2.75) is 11.7 Å². The molecule has 3 nitrogen and oxygen atoms in total. The van der Waals surface area contributed by atoms with Gasteiger partial charge in [0, 0.05) is 19.6 Å². The summed E-state index contributed by atoms with van der Waals surface area (Å²) in [4.78, 5) is 5.49. The molecule has 0 saturated carbocycles. The van der Waals surface area contributed by atoms with Crippen LogP contribution in [0.4, 0.5) is 19.0 Å². The number of pyridine rings is 1. The average Bonchev–Trinajstić information content (AvgIpc) is 2.27. The normalized spacial score (nSPS) is 21.2. The van der Waals surface area contributed by atoms with Crippen LogP contribution in [0.1, 0.15) is 5.56 Å². The molecule has 18 heavy (non-hydrogen) atoms. The highest BCUT2D eigenvalue weighted by Crippen LogP contribution is 2.35. The maximum atomic E-state index is 12.5. The van der Waals surface area contributed by atoms with E-state index in [-0.39, 0.29) is 5.50 Å². The molecule has 0 aromatic carbocycles. The third-order valence-electron chi connectivity index (χ3n) is 2.61. The molecule has 1 aliphatic rings. The van der Waals surface area contributed by atoms with E-state index in [0.717, 1.165) is 6.07 Å². The Labute approximate surface area is 112 Å². The van der Waals surface area contributed by atoms with Crippen molar-refractivity contribution in [3.63, 3.8) is 0 Å². The summed E-state index contributed by atoms with van der Waals surface area (Å²) in [5.41, 5.74) is -1.28. The van der Waals surface area contributed by atoms with Crippen molar-refractivity contribution >= 4 is 29.0 Å². The van der Waals surface area contributed by atoms with Gasteiger partial charge in [-0.1, -0.05) is 23.2 Å². The van der Waals surface area contributed by atoms with Gasteiger partial charge in [-0.15, -0.1) is 0 Å². The fraction of sp³-hybridized carbons (Fsp3) is 0.500. The van der Waals surface area contributed by atoms with E-state index >= 15 is 0 Å². The van der Waals surface area contributed by atoms with Crippen molar-refractivity contribution in [3.8, 4) is 0 Å². The Morgan fingerprint density at radius 2 is 2.11 bits per heavy atom. The van der Waals surface area contributed by atoms with Crippen molar-refractivity contribution < 1.29 is 13.2 Å². The first-order valence-electron chi connectivity index (χ1n) is 5.25. The molecule has 0 radical (unpaired) electrons. The lowest BCUT2D eigenvalue weighted by atomic mass is 10.2. The highest BCUT2D eigenvalue weighted by Gasteiger charge is 2.34. The summed E-state index contributed by atoms with van der Waals surface area (Å²) in [5, 5.41) is 2.52. The molecule has 0 amide bonds. The monoisotopic (exact) mass is 299 g/mol. The minimum Gasteiger partial charge on any atom is -0.338 e. The Bertz CT molecular complexity index is 439. The Balaban J connectivity index is 2.28. The molecule has 1 unspecified atom stereocenters. The van der Waals surface area contributed by atoms with Crippen LogP contribution in [0.5, 0.6) is 0 Å². The maximum Gasteiger partial charge on any atom is 0.419 e. The first-order chi connectivity index (χ1) is 8.39. The molecule has 1 aromatic heterocycles. The lowest BCUT2D eigenvalue weighted by Crippen LogP contribution is -2.49. The molecule has 1 N–H and O–H groups in total. The van der Waals surface area contributed by atoms with E-state index in [1.165, 1.54) is 6.07 Å². The molecule has 1 saturated heterocycles. The van der Waals surface area contributed by atoms with Crippen molar-refractivity contribution in [3.05, 3.63) is 22.8 Å². The van der Waals surface area contributed by atoms with Gasteiger partial charge in [0.1, 0.15) is 16.5 Å². The summed E-state index contributed by atoms with van der Waals surface area (Å²) < 4.78 is 37.6. The zero-order valence-corrected chi connectivity index (χ0v) is 10.6. The van der Waals surface area contributed by atoms with Crippen LogP contribution in [0.2, 0.25) is 5.15 Å². The van der Waals surface area contributed by atoms with E-state index in [1.807, 2.05) is 0 Å². The number of rotatable bonds is 1. The van der Waals surface area contributed by atoms with Crippen molar-refractivity contribution in [1.82, 2.24) is 10.3 Å². The molecular formula is C10H10Cl2F3N3. The van der Waals surface area contributed by atoms with E-state index in [2.05, 4.69) is 10.3 Å². The number of aromatic nitrogens is 1. The second-order valence-electron chi connectivity index (χ2n) is 3.84. The molecule has 1 atom stereocenters. The summed E-state index contributed by atoms with van der Waals surface area (Å²) in [5.74, 6) is 0.356. The lowest BCUT2D eigenvalue weighted by Gasteiger charge is -2.33. The Morgan fingerprint density at radius 1 is 1.39 bits per heavy atom. The first-order valence-corrected chi connectivity index (χ1v) is 6.06. The zero-order valence-electron chi connectivity index (χ0n) is 9.14. The van der Waals surface area contributed by atoms with Crippen LogP contribution in [0, 0.1) is 0 Å². The molecule has 2 rings (SSSR count). The number of halogens is 5. The molecule has 0 spiro atoms. The summed E-state index contributed by atoms with van der Waals surface area (Å²) in [7, 11) is 0. The fourth-order valence-electron chi connectivity index (χ4n) is 1.73. The van der Waals surface area contributed by atoms with Crippen molar-refractivity contribution in [2.24, 2.45) is 0 Å². The highest BCUT2D eigenvalue weighted by molar-refractivity contribution is 6.30. The highest BCUT2D eigenvalue weighted by atomic mass is 35.5. The molecule has 2 heterocycles. The van der Waals surface area contributed by atoms with E-state index in [1.54, 1.807) is 4.90 Å². The topological polar surface area (TPSA) is 28.2 Å². The largest absolute Gasteiger partial charge is 0.419 e. The molecule has 0 bridgehead atoms. The Hall–Kier alpha value is -0.720. The van der Waals surface area contributed by atoms with Gasteiger partial charge in [0.25, 0.3) is 0 Å². The van der Waals surface area contributed by atoms with Gasteiger partial charge in [-0.05, 0) is 12.1 Å². The van der Waals surface area contributed by atoms with Crippen molar-refractivity contribution in [1.29, 1.82) is 0 Å². The van der Waals surface area contributed by atoms with E-state index in [4.69, 9.17) is 23.2 Å². The van der Waals surface area contributed by atoms with Crippen molar-refractivity contribution in [2.75, 3.05) is 24.5 Å². The average molecular weight is 300 g/mol. The van der Waals surface area contributed by atoms with Gasteiger partial charge in [0.2, 0.25) is 0 Å². The molecule has 1 aliphatic heterocycles. The standard InChI is InChI=1S/C10H10Cl2F3N3/c11-7-5-16-3-4-18(7)8-2-1-6(9(12)17-8)10(13,14)15/h1-2,7,16H,3-5H2. The van der Waals surface area contributed by atoms with Gasteiger partial charge < -0.3 is 10.2 Å². The molecule has 100 valence electrons. The van der Waals surface area contributed by atoms with Gasteiger partial charge in [-0.3, -0.25) is 0 Å². The van der Waals surface area contributed by atoms with E-state index in [9.17, 15) is 13.2 Å². The summed E-state index contributed by atoms with van der Waals surface area (Å²) in [6.07, 6.45) is -4.49. The smallest absolute Gasteiger partial charge is 0.338 e. The number of piperazine rings is 1. The molecule has 1 fully saturated rings. The van der Waals surface area contributed by atoms with Gasteiger partial charge in [-0.2, -0.15) is 13.2 Å². The lowest BCUT2D eigenvalue weighted by molar-refractivity contribution is -0.137. The van der Waals surface area contributed by atoms with Crippen LogP contribution in [0.25, 0.3) is 0 Å². The number of alkyl halides is 4. The number of nitrogens with one attached hydrogen (secondary N) is 1. The van der Waals surface area contributed by atoms with Gasteiger partial charge in [0.05, 0.1) is 5.56 Å². The summed E-state index contributed by atoms with van der Waals surface area (Å²) in [6, 6.07) is 2.21. The minimum absolute atomic E-state index is 0.348. The number of hydrogen-bond donors (Lipinski definition) is 1. The third-order valence-corrected chi connectivity index (χ3v) is 3.29. The van der Waals surface area contributed by atoms with Crippen LogP contribution in [-0.4, -0.2) is 30.1 Å². The predicted molar refractivity (Wildman–Crippen MR) is 64.1 cm³/mol. The molecule has 1 aromatic rings. The second kappa shape index (κ2) is 5.11. The van der Waals surface area contributed by atoms with Gasteiger partial charge in [0.15, 0.2) is 0 Å². The Kier molecular flexibility index (Phi) is 3.89. The van der Waals surface area contributed by atoms with Crippen LogP contribution in [0.15, 0.2) is 12.1 Å². The van der Waals surface area contributed by atoms with E-state index in [0.29, 0.717) is 25.5 Å². The van der Waals surface area contributed by atoms with E-state index < -0.39 is 16.9 Å². The number of nitrogens with zero attached hydrogens (tertiary/aromatic N) is 2. The van der Waals surface area contributed by atoms with Crippen LogP contribution < -0.4 is 10.2 Å². The van der Waals surface area contributed by atoms with Crippen LogP contribution in [-0.2, 0) is 6.18 Å². The quantitative estimate of drug-likeness (QED) is 0.491. The minimum atomic E-state index is -4.49. The van der Waals surface area contributed by atoms with Crippen LogP contribution >= 0.6 is 23.2 Å². The summed E-state index contributed by atoms with van der Waals surface area (Å²) >= 11 is 11.6. The van der Waals surface area contributed by atoms with Crippen LogP contribution in [0.3, 0.4) is 0 Å². The zero-order chi connectivity index (χ0) is 13.3. The molecule has 0 aliphatic carbocycles. The van der Waals surface area contributed by atoms with Gasteiger partial charge >= 0.3 is 6.18 Å². The predicted octanol–water partition coefficient (Wildman–Crippen LogP) is 2.73. The Morgan fingerprint density at radius 3 is 2.67 bits per heavy atom. The number of anilines is 1. The molecule has 8 heteroatoms. The van der Waals surface area contributed by atoms with Gasteiger partial charge in [-0.25, -0.2) is 4.98 Å². The third kappa shape index (κ3) is 2.81. The summed E-state index contributed by atoms with van der Waals surface area (Å²) in [6.45, 7) is 1.81. The second-order valence-corrected chi connectivity index (χ2v) is 4.70. The number of hydrogen-bond acceptors (Lipinski definition) is 3. The first kappa shape index (κ1) is 13.7.